The summed E-state index contributed by atoms with van der Waals surface area (Å²) in [5, 5.41) is 27.4. The number of aromatic amines is 1. The molecule has 1 atom stereocenters. The van der Waals surface area contributed by atoms with E-state index >= 15 is 0 Å². The zero-order chi connectivity index (χ0) is 24.0. The molecule has 0 amide bonds. The van der Waals surface area contributed by atoms with Crippen molar-refractivity contribution in [2.45, 2.75) is 40.0 Å². The summed E-state index contributed by atoms with van der Waals surface area (Å²) in [4.78, 5) is 6.89. The van der Waals surface area contributed by atoms with Crippen LogP contribution < -0.4 is 4.74 Å². The van der Waals surface area contributed by atoms with E-state index in [0.717, 1.165) is 50.5 Å². The monoisotopic (exact) mass is 462 g/mol. The Morgan fingerprint density at radius 2 is 2.00 bits per heavy atom. The Morgan fingerprint density at radius 3 is 2.79 bits per heavy atom. The Hall–Kier alpha value is -3.50. The third-order valence-electron chi connectivity index (χ3n) is 6.21. The maximum Gasteiger partial charge on any atom is 0.221 e. The van der Waals surface area contributed by atoms with Gasteiger partial charge in [-0.15, -0.1) is 0 Å². The maximum atomic E-state index is 9.58. The summed E-state index contributed by atoms with van der Waals surface area (Å²) in [6.45, 7) is 7.87. The Labute approximate surface area is 197 Å². The largest absolute Gasteiger partial charge is 0.473 e. The van der Waals surface area contributed by atoms with Gasteiger partial charge in [-0.25, -0.2) is 4.68 Å². The standard InChI is InChI=1S/C24H30N8O2/c1-14-12-30(4)13-22-17(15(2)29-32(22)8-9-33)6-7-19-18-10-20(25-11-21(18)27-26-19)23-16(3)28-31(5)24(23)34-14/h6-7,10-11,14,33H,8-9,12-13H2,1-5H3,(H,26,27)/b7-6+/t14-/m0/s1. The number of rotatable bonds is 2. The second-order valence-electron chi connectivity index (χ2n) is 8.96. The molecule has 5 rings (SSSR count). The average Bonchev–Trinajstić information content (AvgIpc) is 3.40. The minimum atomic E-state index is -0.0915. The molecule has 4 aromatic rings. The van der Waals surface area contributed by atoms with E-state index in [4.69, 9.17) is 4.74 Å². The second-order valence-corrected chi connectivity index (χ2v) is 8.96. The van der Waals surface area contributed by atoms with Crippen molar-refractivity contribution in [2.24, 2.45) is 7.05 Å². The van der Waals surface area contributed by atoms with Crippen molar-refractivity contribution in [3.8, 4) is 17.1 Å². The van der Waals surface area contributed by atoms with E-state index in [0.29, 0.717) is 25.5 Å². The van der Waals surface area contributed by atoms with Crippen molar-refractivity contribution in [3.05, 3.63) is 40.6 Å². The molecule has 0 saturated heterocycles. The molecule has 0 aromatic carbocycles. The number of hydrogen-bond donors (Lipinski definition) is 2. The number of ether oxygens (including phenoxy) is 1. The number of nitrogens with zero attached hydrogens (tertiary/aromatic N) is 7. The van der Waals surface area contributed by atoms with Gasteiger partial charge in [-0.1, -0.05) is 0 Å². The molecular formula is C24H30N8O2. The summed E-state index contributed by atoms with van der Waals surface area (Å²) in [5.74, 6) is 0.697. The first-order valence-electron chi connectivity index (χ1n) is 11.4. The Morgan fingerprint density at radius 1 is 1.18 bits per heavy atom. The normalized spacial score (nSPS) is 17.8. The quantitative estimate of drug-likeness (QED) is 0.471. The number of nitrogens with one attached hydrogen (secondary N) is 1. The van der Waals surface area contributed by atoms with Gasteiger partial charge in [-0.3, -0.25) is 19.7 Å². The van der Waals surface area contributed by atoms with E-state index in [-0.39, 0.29) is 12.7 Å². The first kappa shape index (κ1) is 22.3. The van der Waals surface area contributed by atoms with Crippen LogP contribution in [0.3, 0.4) is 0 Å². The number of aliphatic hydroxyl groups is 1. The van der Waals surface area contributed by atoms with Gasteiger partial charge in [0.05, 0.1) is 58.9 Å². The van der Waals surface area contributed by atoms with Gasteiger partial charge >= 0.3 is 0 Å². The summed E-state index contributed by atoms with van der Waals surface area (Å²) < 4.78 is 10.1. The van der Waals surface area contributed by atoms with Crippen molar-refractivity contribution < 1.29 is 9.84 Å². The minimum Gasteiger partial charge on any atom is -0.473 e. The Balaban J connectivity index is 1.70. The highest BCUT2D eigenvalue weighted by atomic mass is 16.5. The fraction of sp³-hybridized carbons (Fsp3) is 0.417. The second kappa shape index (κ2) is 8.69. The molecule has 1 aliphatic heterocycles. The summed E-state index contributed by atoms with van der Waals surface area (Å²) in [6, 6.07) is 2.04. The molecule has 0 radical (unpaired) electrons. The molecule has 34 heavy (non-hydrogen) atoms. The maximum absolute atomic E-state index is 9.58. The number of aryl methyl sites for hydroxylation is 3. The lowest BCUT2D eigenvalue weighted by Crippen LogP contribution is -2.32. The summed E-state index contributed by atoms with van der Waals surface area (Å²) >= 11 is 0. The number of H-pyrrole nitrogens is 1. The van der Waals surface area contributed by atoms with Gasteiger partial charge in [0.1, 0.15) is 6.10 Å². The van der Waals surface area contributed by atoms with Crippen LogP contribution in [0.15, 0.2) is 12.3 Å². The van der Waals surface area contributed by atoms with Crippen molar-refractivity contribution in [2.75, 3.05) is 20.2 Å². The van der Waals surface area contributed by atoms with Gasteiger partial charge < -0.3 is 9.84 Å². The number of likely N-dealkylation sites (N-methyl/N-ethyl adjacent to an activating group) is 1. The van der Waals surface area contributed by atoms with Gasteiger partial charge in [0.2, 0.25) is 5.88 Å². The first-order chi connectivity index (χ1) is 16.4. The van der Waals surface area contributed by atoms with Gasteiger partial charge in [0.25, 0.3) is 0 Å². The molecule has 178 valence electrons. The van der Waals surface area contributed by atoms with E-state index in [1.807, 2.05) is 37.7 Å². The highest BCUT2D eigenvalue weighted by Gasteiger charge is 2.23. The Bertz CT molecular complexity index is 1380. The molecule has 0 unspecified atom stereocenters. The summed E-state index contributed by atoms with van der Waals surface area (Å²) in [5.41, 5.74) is 7.23. The average molecular weight is 463 g/mol. The van der Waals surface area contributed by atoms with E-state index in [9.17, 15) is 5.11 Å². The van der Waals surface area contributed by atoms with E-state index < -0.39 is 0 Å². The number of pyridine rings is 1. The molecule has 0 fully saturated rings. The van der Waals surface area contributed by atoms with Crippen molar-refractivity contribution >= 4 is 23.1 Å². The van der Waals surface area contributed by atoms with Gasteiger partial charge in [-0.2, -0.15) is 15.3 Å². The molecule has 5 heterocycles. The SMILES string of the molecule is Cc1nn(CCO)c2c1/C=C/c1n[nH]c3cnc(cc13)-c1c(C)nn(C)c1O[C@@H](C)CN(C)C2. The van der Waals surface area contributed by atoms with E-state index in [1.165, 1.54) is 0 Å². The van der Waals surface area contributed by atoms with Gasteiger partial charge in [0.15, 0.2) is 0 Å². The van der Waals surface area contributed by atoms with Crippen LogP contribution >= 0.6 is 0 Å². The molecule has 4 aromatic heterocycles. The van der Waals surface area contributed by atoms with Crippen LogP contribution in [0.2, 0.25) is 0 Å². The van der Waals surface area contributed by atoms with Crippen LogP contribution in [-0.2, 0) is 20.1 Å². The predicted molar refractivity (Wildman–Crippen MR) is 130 cm³/mol. The fourth-order valence-corrected chi connectivity index (χ4v) is 4.72. The van der Waals surface area contributed by atoms with E-state index in [1.54, 1.807) is 10.9 Å². The highest BCUT2D eigenvalue weighted by molar-refractivity contribution is 5.92. The molecule has 10 heteroatoms. The fourth-order valence-electron chi connectivity index (χ4n) is 4.72. The zero-order valence-corrected chi connectivity index (χ0v) is 20.2. The van der Waals surface area contributed by atoms with Crippen LogP contribution in [0.5, 0.6) is 5.88 Å². The minimum absolute atomic E-state index is 0.0307. The highest BCUT2D eigenvalue weighted by Crippen LogP contribution is 2.34. The molecule has 1 aliphatic rings. The lowest BCUT2D eigenvalue weighted by atomic mass is 10.1. The Kier molecular flexibility index (Phi) is 5.70. The number of hydrogen-bond acceptors (Lipinski definition) is 7. The molecule has 0 saturated carbocycles. The van der Waals surface area contributed by atoms with Gasteiger partial charge in [0, 0.05) is 31.1 Å². The van der Waals surface area contributed by atoms with E-state index in [2.05, 4.69) is 50.3 Å². The molecular weight excluding hydrogens is 432 g/mol. The number of aromatic nitrogens is 7. The molecule has 0 spiro atoms. The van der Waals surface area contributed by atoms with Crippen molar-refractivity contribution in [1.29, 1.82) is 0 Å². The topological polar surface area (TPSA) is 110 Å². The van der Waals surface area contributed by atoms with Crippen molar-refractivity contribution in [3.63, 3.8) is 0 Å². The van der Waals surface area contributed by atoms with Crippen molar-refractivity contribution in [1.82, 2.24) is 39.6 Å². The molecule has 2 bridgehead atoms. The third-order valence-corrected chi connectivity index (χ3v) is 6.21. The van der Waals surface area contributed by atoms with Crippen LogP contribution in [0.25, 0.3) is 34.3 Å². The molecule has 10 nitrogen and oxygen atoms in total. The number of fused-ring (bicyclic) bond motifs is 4. The first-order valence-corrected chi connectivity index (χ1v) is 11.4. The smallest absolute Gasteiger partial charge is 0.221 e. The van der Waals surface area contributed by atoms with Crippen LogP contribution in [0.4, 0.5) is 0 Å². The molecule has 2 N–H and O–H groups in total. The van der Waals surface area contributed by atoms with Crippen LogP contribution in [0.1, 0.15) is 35.3 Å². The summed E-state index contributed by atoms with van der Waals surface area (Å²) in [6.07, 6.45) is 5.78. The summed E-state index contributed by atoms with van der Waals surface area (Å²) in [7, 11) is 3.96. The van der Waals surface area contributed by atoms with Gasteiger partial charge in [-0.05, 0) is 46.0 Å². The predicted octanol–water partition coefficient (Wildman–Crippen LogP) is 2.55. The van der Waals surface area contributed by atoms with Crippen LogP contribution in [0, 0.1) is 13.8 Å². The number of aliphatic hydroxyl groups excluding tert-OH is 1. The molecule has 0 aliphatic carbocycles. The van der Waals surface area contributed by atoms with Crippen LogP contribution in [-0.4, -0.2) is 71.1 Å². The lowest BCUT2D eigenvalue weighted by Gasteiger charge is -2.23. The lowest BCUT2D eigenvalue weighted by molar-refractivity contribution is 0.146. The zero-order valence-electron chi connectivity index (χ0n) is 20.2. The third kappa shape index (κ3) is 3.88.